The maximum absolute atomic E-state index is 13.1. The first kappa shape index (κ1) is 23.1. The molecule has 14 heteroatoms. The van der Waals surface area contributed by atoms with Gasteiger partial charge in [-0.3, -0.25) is 25.0 Å². The molecule has 0 atom stereocenters. The number of halogens is 3. The van der Waals surface area contributed by atoms with Crippen LogP contribution in [0, 0.1) is 10.1 Å². The summed E-state index contributed by atoms with van der Waals surface area (Å²) in [6, 6.07) is 9.76. The lowest BCUT2D eigenvalue weighted by Gasteiger charge is -2.11. The van der Waals surface area contributed by atoms with Crippen LogP contribution < -0.4 is 10.6 Å². The summed E-state index contributed by atoms with van der Waals surface area (Å²) in [4.78, 5) is 34.5. The highest BCUT2D eigenvalue weighted by atomic mass is 32.2. The molecule has 2 amide bonds. The van der Waals surface area contributed by atoms with Crippen LogP contribution >= 0.6 is 23.1 Å². The quantitative estimate of drug-likeness (QED) is 0.220. The highest BCUT2D eigenvalue weighted by Crippen LogP contribution is 2.32. The number of nitrogens with one attached hydrogen (secondary N) is 2. The van der Waals surface area contributed by atoms with Crippen LogP contribution in [0.1, 0.15) is 15.9 Å². The Bertz CT molecular complexity index is 1170. The van der Waals surface area contributed by atoms with Crippen molar-refractivity contribution < 1.29 is 27.7 Å². The van der Waals surface area contributed by atoms with Crippen molar-refractivity contribution in [2.75, 3.05) is 16.4 Å². The van der Waals surface area contributed by atoms with E-state index >= 15 is 0 Å². The smallest absolute Gasteiger partial charge is 0.325 e. The van der Waals surface area contributed by atoms with Crippen molar-refractivity contribution in [1.29, 1.82) is 0 Å². The third-order valence-electron chi connectivity index (χ3n) is 3.77. The standard InChI is InChI=1S/C18H12F3N5O4S2/c19-18(20,21)13-7-2-1-6-12(13)15(28)23-16-24-25-17(32-16)31-9-14(27)22-10-4-3-5-11(8-10)26(29)30/h1-8H,9H2,(H,22,27)(H,23,24,28). The van der Waals surface area contributed by atoms with Gasteiger partial charge in [0, 0.05) is 17.8 Å². The van der Waals surface area contributed by atoms with E-state index in [1.807, 2.05) is 0 Å². The summed E-state index contributed by atoms with van der Waals surface area (Å²) in [6.07, 6.45) is -4.69. The fourth-order valence-electron chi connectivity index (χ4n) is 2.43. The number of hydrogen-bond donors (Lipinski definition) is 2. The molecule has 0 saturated heterocycles. The minimum absolute atomic E-state index is 0.0337. The second-order valence-electron chi connectivity index (χ2n) is 6.01. The second kappa shape index (κ2) is 9.74. The number of carbonyl (C=O) groups is 2. The number of anilines is 2. The molecule has 0 spiro atoms. The molecule has 0 aliphatic rings. The van der Waals surface area contributed by atoms with Crippen LogP contribution in [0.3, 0.4) is 0 Å². The lowest BCUT2D eigenvalue weighted by atomic mass is 10.1. The molecule has 3 aromatic rings. The van der Waals surface area contributed by atoms with E-state index in [4.69, 9.17) is 0 Å². The summed E-state index contributed by atoms with van der Waals surface area (Å²) >= 11 is 1.86. The predicted molar refractivity (Wildman–Crippen MR) is 112 cm³/mol. The third kappa shape index (κ3) is 6.01. The molecule has 1 aromatic heterocycles. The van der Waals surface area contributed by atoms with E-state index in [2.05, 4.69) is 20.8 Å². The highest BCUT2D eigenvalue weighted by Gasteiger charge is 2.35. The summed E-state index contributed by atoms with van der Waals surface area (Å²) in [5.41, 5.74) is -1.56. The fraction of sp³-hybridized carbons (Fsp3) is 0.111. The maximum atomic E-state index is 13.1. The molecule has 2 N–H and O–H groups in total. The van der Waals surface area contributed by atoms with Gasteiger partial charge in [-0.1, -0.05) is 41.3 Å². The molecular weight excluding hydrogens is 471 g/mol. The highest BCUT2D eigenvalue weighted by molar-refractivity contribution is 8.01. The number of carbonyl (C=O) groups excluding carboxylic acids is 2. The zero-order valence-electron chi connectivity index (χ0n) is 15.8. The van der Waals surface area contributed by atoms with Gasteiger partial charge >= 0.3 is 6.18 Å². The number of nitro groups is 1. The lowest BCUT2D eigenvalue weighted by molar-refractivity contribution is -0.384. The van der Waals surface area contributed by atoms with Crippen LogP contribution in [0.15, 0.2) is 52.9 Å². The maximum Gasteiger partial charge on any atom is 0.417 e. The van der Waals surface area contributed by atoms with Gasteiger partial charge in [-0.15, -0.1) is 10.2 Å². The van der Waals surface area contributed by atoms with Gasteiger partial charge in [0.15, 0.2) is 4.34 Å². The van der Waals surface area contributed by atoms with Crippen LogP contribution in [0.25, 0.3) is 0 Å². The largest absolute Gasteiger partial charge is 0.417 e. The number of alkyl halides is 3. The molecule has 0 saturated carbocycles. The van der Waals surface area contributed by atoms with Gasteiger partial charge in [-0.25, -0.2) is 0 Å². The first-order chi connectivity index (χ1) is 15.1. The molecule has 166 valence electrons. The molecule has 9 nitrogen and oxygen atoms in total. The number of thioether (sulfide) groups is 1. The van der Waals surface area contributed by atoms with Gasteiger partial charge in [0.1, 0.15) is 0 Å². The molecule has 0 fully saturated rings. The molecule has 32 heavy (non-hydrogen) atoms. The van der Waals surface area contributed by atoms with Gasteiger partial charge in [-0.2, -0.15) is 13.2 Å². The Morgan fingerprint density at radius 3 is 2.56 bits per heavy atom. The predicted octanol–water partition coefficient (Wildman–Crippen LogP) is 4.45. The third-order valence-corrected chi connectivity index (χ3v) is 5.74. The van der Waals surface area contributed by atoms with Crippen molar-refractivity contribution in [2.45, 2.75) is 10.5 Å². The molecule has 1 heterocycles. The van der Waals surface area contributed by atoms with Crippen molar-refractivity contribution in [3.05, 3.63) is 69.8 Å². The SMILES string of the molecule is O=C(CSc1nnc(NC(=O)c2ccccc2C(F)(F)F)s1)Nc1cccc([N+](=O)[O-])c1. The Labute approximate surface area is 186 Å². The van der Waals surface area contributed by atoms with Crippen molar-refractivity contribution >= 4 is 51.4 Å². The summed E-state index contributed by atoms with van der Waals surface area (Å²) in [6.45, 7) is 0. The van der Waals surface area contributed by atoms with Crippen molar-refractivity contribution in [2.24, 2.45) is 0 Å². The molecule has 0 radical (unpaired) electrons. The number of nitrogens with zero attached hydrogens (tertiary/aromatic N) is 3. The fourth-order valence-corrected chi connectivity index (χ4v) is 3.98. The van der Waals surface area contributed by atoms with Gasteiger partial charge in [0.25, 0.3) is 11.6 Å². The molecule has 0 bridgehead atoms. The Balaban J connectivity index is 1.57. The summed E-state index contributed by atoms with van der Waals surface area (Å²) in [5.74, 6) is -1.56. The Hall–Kier alpha value is -3.52. The van der Waals surface area contributed by atoms with Crippen LogP contribution in [-0.2, 0) is 11.0 Å². The van der Waals surface area contributed by atoms with Crippen molar-refractivity contribution in [3.63, 3.8) is 0 Å². The van der Waals surface area contributed by atoms with Gasteiger partial charge in [-0.05, 0) is 18.2 Å². The van der Waals surface area contributed by atoms with Crippen LogP contribution in [0.5, 0.6) is 0 Å². The van der Waals surface area contributed by atoms with Gasteiger partial charge in [0.05, 0.1) is 21.8 Å². The molecule has 0 aliphatic heterocycles. The number of rotatable bonds is 7. The normalized spacial score (nSPS) is 11.1. The van der Waals surface area contributed by atoms with E-state index in [0.717, 1.165) is 35.2 Å². The first-order valence-electron chi connectivity index (χ1n) is 8.61. The summed E-state index contributed by atoms with van der Waals surface area (Å²) < 4.78 is 39.5. The number of non-ortho nitro benzene ring substituents is 1. The van der Waals surface area contributed by atoms with Crippen molar-refractivity contribution in [1.82, 2.24) is 10.2 Å². The number of nitro benzene ring substituents is 1. The van der Waals surface area contributed by atoms with E-state index in [1.165, 1.54) is 36.4 Å². The average Bonchev–Trinajstić information content (AvgIpc) is 3.19. The van der Waals surface area contributed by atoms with E-state index in [-0.39, 0.29) is 22.3 Å². The van der Waals surface area contributed by atoms with E-state index in [9.17, 15) is 32.9 Å². The van der Waals surface area contributed by atoms with E-state index in [0.29, 0.717) is 4.34 Å². The van der Waals surface area contributed by atoms with E-state index in [1.54, 1.807) is 0 Å². The summed E-state index contributed by atoms with van der Waals surface area (Å²) in [7, 11) is 0. The monoisotopic (exact) mass is 483 g/mol. The minimum atomic E-state index is -4.69. The van der Waals surface area contributed by atoms with Crippen LogP contribution in [-0.4, -0.2) is 32.7 Å². The van der Waals surface area contributed by atoms with Crippen LogP contribution in [0.4, 0.5) is 29.7 Å². The number of benzene rings is 2. The second-order valence-corrected chi connectivity index (χ2v) is 8.21. The zero-order valence-corrected chi connectivity index (χ0v) is 17.4. The first-order valence-corrected chi connectivity index (χ1v) is 10.4. The molecular formula is C18H12F3N5O4S2. The van der Waals surface area contributed by atoms with Crippen LogP contribution in [0.2, 0.25) is 0 Å². The van der Waals surface area contributed by atoms with Gasteiger partial charge in [0.2, 0.25) is 11.0 Å². The molecule has 3 rings (SSSR count). The van der Waals surface area contributed by atoms with Gasteiger partial charge < -0.3 is 5.32 Å². The number of amides is 2. The van der Waals surface area contributed by atoms with E-state index < -0.39 is 34.0 Å². The molecule has 0 unspecified atom stereocenters. The molecule has 2 aromatic carbocycles. The Kier molecular flexibility index (Phi) is 7.05. The summed E-state index contributed by atoms with van der Waals surface area (Å²) in [5, 5.41) is 23.0. The zero-order chi connectivity index (χ0) is 23.3. The number of hydrogen-bond acceptors (Lipinski definition) is 8. The average molecular weight is 483 g/mol. The number of aromatic nitrogens is 2. The minimum Gasteiger partial charge on any atom is -0.325 e. The van der Waals surface area contributed by atoms with Crippen molar-refractivity contribution in [3.8, 4) is 0 Å². The topological polar surface area (TPSA) is 127 Å². The Morgan fingerprint density at radius 1 is 1.09 bits per heavy atom. The Morgan fingerprint density at radius 2 is 1.84 bits per heavy atom. The lowest BCUT2D eigenvalue weighted by Crippen LogP contribution is -2.18. The molecule has 0 aliphatic carbocycles.